The summed E-state index contributed by atoms with van der Waals surface area (Å²) < 4.78 is 5.30. The third-order valence-electron chi connectivity index (χ3n) is 3.43. The second kappa shape index (κ2) is 4.07. The predicted octanol–water partition coefficient (Wildman–Crippen LogP) is 2.97. The van der Waals surface area contributed by atoms with E-state index < -0.39 is 5.54 Å². The molecule has 1 fully saturated rings. The van der Waals surface area contributed by atoms with Gasteiger partial charge in [-0.05, 0) is 37.8 Å². The number of benzene rings is 1. The lowest BCUT2D eigenvalue weighted by Crippen LogP contribution is -2.35. The Hall–Kier alpha value is -1.39. The molecule has 4 nitrogen and oxygen atoms in total. The number of rotatable bonds is 3. The zero-order valence-electron chi connectivity index (χ0n) is 10.1. The number of nitrogens with zero attached hydrogens (tertiary/aromatic N) is 2. The zero-order valence-corrected chi connectivity index (χ0v) is 10.8. The van der Waals surface area contributed by atoms with Crippen LogP contribution >= 0.6 is 11.6 Å². The molecule has 2 N–H and O–H groups in total. The minimum absolute atomic E-state index is 0.442. The van der Waals surface area contributed by atoms with E-state index in [4.69, 9.17) is 21.9 Å². The third kappa shape index (κ3) is 1.91. The predicted molar refractivity (Wildman–Crippen MR) is 69.0 cm³/mol. The van der Waals surface area contributed by atoms with E-state index in [-0.39, 0.29) is 0 Å². The van der Waals surface area contributed by atoms with Gasteiger partial charge in [-0.25, -0.2) is 0 Å². The standard InChI is InChI=1S/C13H14ClN3O/c1-13(15,8-6-7-8)12-16-11(17-18-12)9-4-2-3-5-10(9)14/h2-5,8H,6-7,15H2,1H3. The van der Waals surface area contributed by atoms with E-state index in [9.17, 15) is 0 Å². The molecule has 5 heteroatoms. The van der Waals surface area contributed by atoms with Crippen LogP contribution in [0.2, 0.25) is 5.02 Å². The Balaban J connectivity index is 1.97. The van der Waals surface area contributed by atoms with Crippen LogP contribution in [0, 0.1) is 5.92 Å². The van der Waals surface area contributed by atoms with E-state index in [2.05, 4.69) is 10.1 Å². The number of hydrogen-bond donors (Lipinski definition) is 1. The summed E-state index contributed by atoms with van der Waals surface area (Å²) in [6.45, 7) is 1.94. The highest BCUT2D eigenvalue weighted by Gasteiger charge is 2.43. The second-order valence-electron chi connectivity index (χ2n) is 4.96. The summed E-state index contributed by atoms with van der Waals surface area (Å²) in [5.74, 6) is 1.42. The maximum absolute atomic E-state index is 6.24. The molecule has 18 heavy (non-hydrogen) atoms. The second-order valence-corrected chi connectivity index (χ2v) is 5.37. The maximum Gasteiger partial charge on any atom is 0.247 e. The lowest BCUT2D eigenvalue weighted by Gasteiger charge is -2.18. The fourth-order valence-electron chi connectivity index (χ4n) is 2.05. The number of halogens is 1. The lowest BCUT2D eigenvalue weighted by molar-refractivity contribution is 0.273. The molecule has 1 atom stereocenters. The van der Waals surface area contributed by atoms with Crippen molar-refractivity contribution in [3.63, 3.8) is 0 Å². The van der Waals surface area contributed by atoms with Crippen LogP contribution in [0.5, 0.6) is 0 Å². The molecule has 0 saturated heterocycles. The molecule has 1 heterocycles. The van der Waals surface area contributed by atoms with Crippen molar-refractivity contribution < 1.29 is 4.52 Å². The van der Waals surface area contributed by atoms with E-state index in [1.54, 1.807) is 6.07 Å². The van der Waals surface area contributed by atoms with Gasteiger partial charge in [-0.1, -0.05) is 28.9 Å². The van der Waals surface area contributed by atoms with Crippen molar-refractivity contribution in [2.75, 3.05) is 0 Å². The van der Waals surface area contributed by atoms with Crippen molar-refractivity contribution in [2.45, 2.75) is 25.3 Å². The quantitative estimate of drug-likeness (QED) is 0.925. The fourth-order valence-corrected chi connectivity index (χ4v) is 2.27. The molecule has 0 aliphatic heterocycles. The summed E-state index contributed by atoms with van der Waals surface area (Å²) in [6.07, 6.45) is 2.24. The van der Waals surface area contributed by atoms with Gasteiger partial charge in [-0.2, -0.15) is 4.98 Å². The first-order chi connectivity index (χ1) is 8.59. The summed E-state index contributed by atoms with van der Waals surface area (Å²) >= 11 is 6.10. The molecule has 1 saturated carbocycles. The van der Waals surface area contributed by atoms with Crippen molar-refractivity contribution in [1.29, 1.82) is 0 Å². The Bertz CT molecular complexity index is 575. The molecule has 1 aromatic carbocycles. The monoisotopic (exact) mass is 263 g/mol. The number of nitrogens with two attached hydrogens (primary N) is 1. The first-order valence-electron chi connectivity index (χ1n) is 5.97. The molecule has 2 aromatic rings. The smallest absolute Gasteiger partial charge is 0.247 e. The van der Waals surface area contributed by atoms with E-state index in [0.29, 0.717) is 22.7 Å². The molecule has 0 spiro atoms. The normalized spacial score (nSPS) is 18.6. The highest BCUT2D eigenvalue weighted by Crippen LogP contribution is 2.43. The minimum Gasteiger partial charge on any atom is -0.337 e. The molecule has 0 radical (unpaired) electrons. The highest BCUT2D eigenvalue weighted by atomic mass is 35.5. The van der Waals surface area contributed by atoms with Gasteiger partial charge >= 0.3 is 0 Å². The SMILES string of the molecule is CC(N)(c1nc(-c2ccccc2Cl)no1)C1CC1. The van der Waals surface area contributed by atoms with E-state index in [1.165, 1.54) is 0 Å². The van der Waals surface area contributed by atoms with Crippen molar-refractivity contribution in [3.8, 4) is 11.4 Å². The molecule has 1 unspecified atom stereocenters. The van der Waals surface area contributed by atoms with Gasteiger partial charge in [0.15, 0.2) is 0 Å². The number of hydrogen-bond acceptors (Lipinski definition) is 4. The molecule has 94 valence electrons. The molecule has 0 bridgehead atoms. The van der Waals surface area contributed by atoms with Crippen molar-refractivity contribution >= 4 is 11.6 Å². The highest BCUT2D eigenvalue weighted by molar-refractivity contribution is 6.33. The fraction of sp³-hybridized carbons (Fsp3) is 0.385. The summed E-state index contributed by atoms with van der Waals surface area (Å²) in [5.41, 5.74) is 6.47. The van der Waals surface area contributed by atoms with Crippen LogP contribution in [-0.4, -0.2) is 10.1 Å². The topological polar surface area (TPSA) is 64.9 Å². The largest absolute Gasteiger partial charge is 0.337 e. The van der Waals surface area contributed by atoms with Gasteiger partial charge in [0.2, 0.25) is 11.7 Å². The Morgan fingerprint density at radius 1 is 1.39 bits per heavy atom. The summed E-state index contributed by atoms with van der Waals surface area (Å²) in [6, 6.07) is 7.42. The molecular weight excluding hydrogens is 250 g/mol. The van der Waals surface area contributed by atoms with Crippen molar-refractivity contribution in [1.82, 2.24) is 10.1 Å². The first-order valence-corrected chi connectivity index (χ1v) is 6.35. The van der Waals surface area contributed by atoms with Crippen molar-refractivity contribution in [2.24, 2.45) is 11.7 Å². The third-order valence-corrected chi connectivity index (χ3v) is 3.76. The summed E-state index contributed by atoms with van der Waals surface area (Å²) in [7, 11) is 0. The van der Waals surface area contributed by atoms with Crippen LogP contribution in [0.3, 0.4) is 0 Å². The average molecular weight is 264 g/mol. The molecule has 0 amide bonds. The van der Waals surface area contributed by atoms with Crippen molar-refractivity contribution in [3.05, 3.63) is 35.2 Å². The van der Waals surface area contributed by atoms with Crippen LogP contribution < -0.4 is 5.73 Å². The van der Waals surface area contributed by atoms with E-state index >= 15 is 0 Å². The van der Waals surface area contributed by atoms with E-state index in [1.807, 2.05) is 25.1 Å². The Kier molecular flexibility index (Phi) is 2.64. The average Bonchev–Trinajstić information content (AvgIpc) is 3.09. The minimum atomic E-state index is -0.535. The summed E-state index contributed by atoms with van der Waals surface area (Å²) in [5, 5.41) is 4.58. The van der Waals surface area contributed by atoms with Gasteiger partial charge in [0, 0.05) is 5.56 Å². The zero-order chi connectivity index (χ0) is 12.8. The lowest BCUT2D eigenvalue weighted by atomic mass is 9.97. The Labute approximate surface area is 110 Å². The molecule has 1 aromatic heterocycles. The molecular formula is C13H14ClN3O. The van der Waals surface area contributed by atoms with Crippen LogP contribution in [0.1, 0.15) is 25.7 Å². The van der Waals surface area contributed by atoms with Gasteiger partial charge in [-0.3, -0.25) is 0 Å². The molecule has 3 rings (SSSR count). The van der Waals surface area contributed by atoms with E-state index in [0.717, 1.165) is 18.4 Å². The number of aromatic nitrogens is 2. The van der Waals surface area contributed by atoms with Crippen LogP contribution in [-0.2, 0) is 5.54 Å². The molecule has 1 aliphatic carbocycles. The van der Waals surface area contributed by atoms with Gasteiger partial charge in [0.05, 0.1) is 10.6 Å². The van der Waals surface area contributed by atoms with Gasteiger partial charge in [0.25, 0.3) is 0 Å². The maximum atomic E-state index is 6.24. The van der Waals surface area contributed by atoms with Crippen LogP contribution in [0.25, 0.3) is 11.4 Å². The van der Waals surface area contributed by atoms with Gasteiger partial charge in [0.1, 0.15) is 0 Å². The molecule has 1 aliphatic rings. The van der Waals surface area contributed by atoms with Crippen LogP contribution in [0.4, 0.5) is 0 Å². The first kappa shape index (κ1) is 11.7. The Morgan fingerprint density at radius 3 is 2.78 bits per heavy atom. The van der Waals surface area contributed by atoms with Gasteiger partial charge < -0.3 is 10.3 Å². The Morgan fingerprint density at radius 2 is 2.11 bits per heavy atom. The van der Waals surface area contributed by atoms with Gasteiger partial charge in [-0.15, -0.1) is 0 Å². The van der Waals surface area contributed by atoms with Crippen LogP contribution in [0.15, 0.2) is 28.8 Å². The summed E-state index contributed by atoms with van der Waals surface area (Å²) in [4.78, 5) is 4.39.